The van der Waals surface area contributed by atoms with Gasteiger partial charge in [-0.3, -0.25) is 14.3 Å². The molecule has 156 valence electrons. The van der Waals surface area contributed by atoms with Crippen molar-refractivity contribution in [3.05, 3.63) is 58.4 Å². The smallest absolute Gasteiger partial charge is 0.244 e. The number of likely N-dealkylation sites (N-methyl/N-ethyl adjacent to an activating group) is 1. The zero-order valence-electron chi connectivity index (χ0n) is 18.5. The molecule has 0 saturated heterocycles. The van der Waals surface area contributed by atoms with Gasteiger partial charge in [0.1, 0.15) is 6.04 Å². The maximum atomic E-state index is 12.4. The molecule has 0 aliphatic rings. The Morgan fingerprint density at radius 3 is 2.31 bits per heavy atom. The summed E-state index contributed by atoms with van der Waals surface area (Å²) < 4.78 is 1.95. The van der Waals surface area contributed by atoms with E-state index >= 15 is 0 Å². The van der Waals surface area contributed by atoms with Crippen molar-refractivity contribution in [1.82, 2.24) is 20.0 Å². The molecule has 1 atom stereocenters. The number of nitrogens with zero attached hydrogens (tertiary/aromatic N) is 3. The molecule has 0 fully saturated rings. The van der Waals surface area contributed by atoms with E-state index in [0.717, 1.165) is 17.0 Å². The van der Waals surface area contributed by atoms with E-state index in [1.165, 1.54) is 22.1 Å². The number of hydrogen-bond acceptors (Lipinski definition) is 3. The number of aryl methyl sites for hydroxylation is 2. The van der Waals surface area contributed by atoms with Crippen LogP contribution in [0.5, 0.6) is 0 Å². The van der Waals surface area contributed by atoms with Crippen molar-refractivity contribution in [1.29, 1.82) is 0 Å². The van der Waals surface area contributed by atoms with E-state index in [4.69, 9.17) is 0 Å². The summed E-state index contributed by atoms with van der Waals surface area (Å²) in [5.74, 6) is -0.396. The molecule has 6 heteroatoms. The maximum absolute atomic E-state index is 12.4. The normalized spacial score (nSPS) is 12.4. The molecular formula is C23H32N4O2. The Morgan fingerprint density at radius 1 is 1.14 bits per heavy atom. The van der Waals surface area contributed by atoms with Crippen molar-refractivity contribution in [2.45, 2.75) is 47.2 Å². The minimum Gasteiger partial charge on any atom is -0.347 e. The van der Waals surface area contributed by atoms with Gasteiger partial charge < -0.3 is 10.2 Å². The first-order valence-electron chi connectivity index (χ1n) is 9.89. The molecule has 0 saturated carbocycles. The molecule has 0 aliphatic heterocycles. The quantitative estimate of drug-likeness (QED) is 0.732. The van der Waals surface area contributed by atoms with Gasteiger partial charge in [0.2, 0.25) is 11.8 Å². The predicted octanol–water partition coefficient (Wildman–Crippen LogP) is 3.10. The highest BCUT2D eigenvalue weighted by molar-refractivity contribution is 5.95. The fraction of sp³-hybridized carbons (Fsp3) is 0.435. The second-order valence-corrected chi connectivity index (χ2v) is 8.02. The number of hydrogen-bond donors (Lipinski definition) is 1. The van der Waals surface area contributed by atoms with Crippen LogP contribution >= 0.6 is 0 Å². The van der Waals surface area contributed by atoms with Gasteiger partial charge in [-0.1, -0.05) is 43.7 Å². The summed E-state index contributed by atoms with van der Waals surface area (Å²) in [7, 11) is 3.38. The van der Waals surface area contributed by atoms with Crippen LogP contribution in [0.15, 0.2) is 30.3 Å². The Labute approximate surface area is 173 Å². The summed E-state index contributed by atoms with van der Waals surface area (Å²) in [4.78, 5) is 26.2. The third-order valence-corrected chi connectivity index (χ3v) is 4.96. The van der Waals surface area contributed by atoms with Crippen LogP contribution in [0.1, 0.15) is 41.9 Å². The molecule has 0 spiro atoms. The van der Waals surface area contributed by atoms with Gasteiger partial charge in [-0.05, 0) is 38.3 Å². The summed E-state index contributed by atoms with van der Waals surface area (Å²) in [5.41, 5.74) is 5.19. The number of nitrogens with one attached hydrogen (secondary N) is 1. The standard InChI is InChI=1S/C23H32N4O2/c1-15(2)22(23(29)26(6)7)24-21(28)13-12-20-17(4)25-27(18(20)5)14-19-10-8-16(3)9-11-19/h8-13,15,22H,14H2,1-7H3,(H,24,28)/b13-12+. The summed E-state index contributed by atoms with van der Waals surface area (Å²) in [6.45, 7) is 10.5. The highest BCUT2D eigenvalue weighted by atomic mass is 16.2. The molecule has 0 aliphatic carbocycles. The first-order chi connectivity index (χ1) is 13.6. The van der Waals surface area contributed by atoms with Gasteiger partial charge in [0.15, 0.2) is 0 Å². The van der Waals surface area contributed by atoms with Gasteiger partial charge in [-0.2, -0.15) is 5.10 Å². The molecule has 1 aromatic carbocycles. The van der Waals surface area contributed by atoms with Crippen molar-refractivity contribution >= 4 is 17.9 Å². The van der Waals surface area contributed by atoms with Crippen LogP contribution in [0, 0.1) is 26.7 Å². The molecule has 2 amide bonds. The van der Waals surface area contributed by atoms with Crippen molar-refractivity contribution in [3.8, 4) is 0 Å². The minimum atomic E-state index is -0.548. The molecule has 1 heterocycles. The molecule has 0 radical (unpaired) electrons. The number of benzene rings is 1. The molecular weight excluding hydrogens is 364 g/mol. The Balaban J connectivity index is 2.13. The van der Waals surface area contributed by atoms with Gasteiger partial charge in [-0.25, -0.2) is 0 Å². The highest BCUT2D eigenvalue weighted by Crippen LogP contribution is 2.17. The Kier molecular flexibility index (Phi) is 7.37. The van der Waals surface area contributed by atoms with Crippen LogP contribution in [0.3, 0.4) is 0 Å². The third-order valence-electron chi connectivity index (χ3n) is 4.96. The molecule has 0 bridgehead atoms. The monoisotopic (exact) mass is 396 g/mol. The van der Waals surface area contributed by atoms with E-state index < -0.39 is 6.04 Å². The fourth-order valence-corrected chi connectivity index (χ4v) is 3.12. The van der Waals surface area contributed by atoms with Gasteiger partial charge in [0.25, 0.3) is 0 Å². The van der Waals surface area contributed by atoms with Crippen LogP contribution in [0.2, 0.25) is 0 Å². The van der Waals surface area contributed by atoms with Crippen LogP contribution in [0.4, 0.5) is 0 Å². The van der Waals surface area contributed by atoms with Crippen molar-refractivity contribution < 1.29 is 9.59 Å². The van der Waals surface area contributed by atoms with E-state index in [9.17, 15) is 9.59 Å². The Bertz CT molecular complexity index is 892. The SMILES string of the molecule is Cc1ccc(Cn2nc(C)c(/C=C/C(=O)NC(C(=O)N(C)C)C(C)C)c2C)cc1. The van der Waals surface area contributed by atoms with Crippen molar-refractivity contribution in [3.63, 3.8) is 0 Å². The second kappa shape index (κ2) is 9.54. The number of carbonyl (C=O) groups is 2. The minimum absolute atomic E-state index is 0.00276. The van der Waals surface area contributed by atoms with Crippen LogP contribution < -0.4 is 5.32 Å². The van der Waals surface area contributed by atoms with E-state index in [0.29, 0.717) is 6.54 Å². The number of carbonyl (C=O) groups excluding carboxylic acids is 2. The first-order valence-corrected chi connectivity index (χ1v) is 9.89. The third kappa shape index (κ3) is 5.79. The largest absolute Gasteiger partial charge is 0.347 e. The molecule has 29 heavy (non-hydrogen) atoms. The zero-order valence-corrected chi connectivity index (χ0v) is 18.5. The summed E-state index contributed by atoms with van der Waals surface area (Å²) in [5, 5.41) is 7.43. The lowest BCUT2D eigenvalue weighted by atomic mass is 10.0. The zero-order chi connectivity index (χ0) is 21.7. The molecule has 1 unspecified atom stereocenters. The molecule has 1 aromatic heterocycles. The lowest BCUT2D eigenvalue weighted by molar-refractivity contribution is -0.134. The number of rotatable bonds is 7. The molecule has 6 nitrogen and oxygen atoms in total. The number of aromatic nitrogens is 2. The lowest BCUT2D eigenvalue weighted by Crippen LogP contribution is -2.48. The van der Waals surface area contributed by atoms with Gasteiger partial charge >= 0.3 is 0 Å². The summed E-state index contributed by atoms with van der Waals surface area (Å²) in [6, 6.07) is 7.83. The van der Waals surface area contributed by atoms with E-state index in [1.807, 2.05) is 32.4 Å². The van der Waals surface area contributed by atoms with E-state index in [1.54, 1.807) is 20.2 Å². The van der Waals surface area contributed by atoms with Crippen LogP contribution in [-0.2, 0) is 16.1 Å². The predicted molar refractivity (Wildman–Crippen MR) is 116 cm³/mol. The average molecular weight is 397 g/mol. The Morgan fingerprint density at radius 2 is 1.76 bits per heavy atom. The number of amides is 2. The van der Waals surface area contributed by atoms with E-state index in [-0.39, 0.29) is 17.7 Å². The first kappa shape index (κ1) is 22.4. The van der Waals surface area contributed by atoms with Gasteiger partial charge in [0.05, 0.1) is 12.2 Å². The topological polar surface area (TPSA) is 67.2 Å². The van der Waals surface area contributed by atoms with Gasteiger partial charge in [-0.15, -0.1) is 0 Å². The molecule has 2 aromatic rings. The molecule has 1 N–H and O–H groups in total. The maximum Gasteiger partial charge on any atom is 0.244 e. The second-order valence-electron chi connectivity index (χ2n) is 8.02. The Hall–Kier alpha value is -2.89. The van der Waals surface area contributed by atoms with Gasteiger partial charge in [0, 0.05) is 31.4 Å². The van der Waals surface area contributed by atoms with E-state index in [2.05, 4.69) is 41.6 Å². The lowest BCUT2D eigenvalue weighted by Gasteiger charge is -2.24. The fourth-order valence-electron chi connectivity index (χ4n) is 3.12. The van der Waals surface area contributed by atoms with Crippen LogP contribution in [0.25, 0.3) is 6.08 Å². The summed E-state index contributed by atoms with van der Waals surface area (Å²) >= 11 is 0. The van der Waals surface area contributed by atoms with Crippen molar-refractivity contribution in [2.75, 3.05) is 14.1 Å². The molecule has 2 rings (SSSR count). The van der Waals surface area contributed by atoms with Crippen LogP contribution in [-0.4, -0.2) is 46.6 Å². The summed E-state index contributed by atoms with van der Waals surface area (Å²) in [6.07, 6.45) is 3.25. The van der Waals surface area contributed by atoms with Crippen molar-refractivity contribution in [2.24, 2.45) is 5.92 Å². The average Bonchev–Trinajstić information content (AvgIpc) is 2.92. The highest BCUT2D eigenvalue weighted by Gasteiger charge is 2.24.